The Morgan fingerprint density at radius 1 is 1.30 bits per heavy atom. The molecule has 1 saturated carbocycles. The van der Waals surface area contributed by atoms with E-state index in [9.17, 15) is 4.79 Å². The summed E-state index contributed by atoms with van der Waals surface area (Å²) in [5.41, 5.74) is 5.46. The summed E-state index contributed by atoms with van der Waals surface area (Å²) < 4.78 is 5.39. The summed E-state index contributed by atoms with van der Waals surface area (Å²) in [4.78, 5) is 13.7. The van der Waals surface area contributed by atoms with Crippen LogP contribution in [0, 0.1) is 0 Å². The smallest absolute Gasteiger partial charge is 0.410 e. The molecule has 0 aromatic carbocycles. The maximum atomic E-state index is 12.0. The van der Waals surface area contributed by atoms with Crippen LogP contribution in [0.4, 0.5) is 4.79 Å². The van der Waals surface area contributed by atoms with E-state index in [0.29, 0.717) is 25.2 Å². The summed E-state index contributed by atoms with van der Waals surface area (Å²) in [5.74, 6) is 0. The van der Waals surface area contributed by atoms with Crippen molar-refractivity contribution in [3.8, 4) is 0 Å². The van der Waals surface area contributed by atoms with Crippen molar-refractivity contribution in [2.75, 3.05) is 19.6 Å². The van der Waals surface area contributed by atoms with Crippen LogP contribution < -0.4 is 11.1 Å². The minimum atomic E-state index is -0.433. The molecule has 0 bridgehead atoms. The molecular formula is C15H31N3O2. The van der Waals surface area contributed by atoms with Crippen molar-refractivity contribution in [3.63, 3.8) is 0 Å². The zero-order valence-corrected chi connectivity index (χ0v) is 13.4. The van der Waals surface area contributed by atoms with Gasteiger partial charge in [0.25, 0.3) is 0 Å². The number of amides is 1. The van der Waals surface area contributed by atoms with E-state index in [1.807, 2.05) is 27.7 Å². The van der Waals surface area contributed by atoms with E-state index >= 15 is 0 Å². The molecule has 1 fully saturated rings. The monoisotopic (exact) mass is 285 g/mol. The molecule has 5 heteroatoms. The van der Waals surface area contributed by atoms with E-state index in [1.54, 1.807) is 4.90 Å². The molecule has 20 heavy (non-hydrogen) atoms. The number of nitrogens with one attached hydrogen (secondary N) is 1. The SMILES string of the molecule is CCN(CCNC1CCC(N)CC1)C(=O)OC(C)(C)C. The van der Waals surface area contributed by atoms with Crippen LogP contribution >= 0.6 is 0 Å². The lowest BCUT2D eigenvalue weighted by Gasteiger charge is -2.29. The van der Waals surface area contributed by atoms with Crippen molar-refractivity contribution in [2.45, 2.75) is 71.1 Å². The molecule has 0 radical (unpaired) electrons. The van der Waals surface area contributed by atoms with Crippen LogP contribution in [0.25, 0.3) is 0 Å². The predicted molar refractivity (Wildman–Crippen MR) is 81.7 cm³/mol. The van der Waals surface area contributed by atoms with E-state index in [4.69, 9.17) is 10.5 Å². The van der Waals surface area contributed by atoms with Crippen LogP contribution in [0.2, 0.25) is 0 Å². The molecule has 0 unspecified atom stereocenters. The molecule has 0 atom stereocenters. The number of hydrogen-bond donors (Lipinski definition) is 2. The first kappa shape index (κ1) is 17.2. The molecule has 1 aliphatic rings. The molecular weight excluding hydrogens is 254 g/mol. The van der Waals surface area contributed by atoms with Crippen LogP contribution in [0.5, 0.6) is 0 Å². The van der Waals surface area contributed by atoms with Crippen LogP contribution in [0.3, 0.4) is 0 Å². The van der Waals surface area contributed by atoms with Crippen molar-refractivity contribution in [2.24, 2.45) is 5.73 Å². The van der Waals surface area contributed by atoms with Gasteiger partial charge in [0.1, 0.15) is 5.60 Å². The standard InChI is InChI=1S/C15H31N3O2/c1-5-18(14(19)20-15(2,3)4)11-10-17-13-8-6-12(16)7-9-13/h12-13,17H,5-11,16H2,1-4H3. The van der Waals surface area contributed by atoms with Gasteiger partial charge in [0.2, 0.25) is 0 Å². The first-order valence-electron chi connectivity index (χ1n) is 7.78. The Morgan fingerprint density at radius 2 is 1.90 bits per heavy atom. The average Bonchev–Trinajstić information content (AvgIpc) is 2.34. The molecule has 0 saturated heterocycles. The summed E-state index contributed by atoms with van der Waals surface area (Å²) in [7, 11) is 0. The van der Waals surface area contributed by atoms with E-state index in [2.05, 4.69) is 5.32 Å². The fourth-order valence-corrected chi connectivity index (χ4v) is 2.43. The second-order valence-corrected chi connectivity index (χ2v) is 6.63. The molecule has 3 N–H and O–H groups in total. The van der Waals surface area contributed by atoms with Gasteiger partial charge in [0.15, 0.2) is 0 Å². The van der Waals surface area contributed by atoms with Gasteiger partial charge in [-0.2, -0.15) is 0 Å². The van der Waals surface area contributed by atoms with E-state index < -0.39 is 5.60 Å². The van der Waals surface area contributed by atoms with Gasteiger partial charge in [-0.25, -0.2) is 4.79 Å². The lowest BCUT2D eigenvalue weighted by atomic mass is 9.92. The first-order chi connectivity index (χ1) is 9.31. The van der Waals surface area contributed by atoms with Crippen molar-refractivity contribution in [1.29, 1.82) is 0 Å². The topological polar surface area (TPSA) is 67.6 Å². The lowest BCUT2D eigenvalue weighted by Crippen LogP contribution is -2.43. The first-order valence-corrected chi connectivity index (χ1v) is 7.78. The van der Waals surface area contributed by atoms with Gasteiger partial charge in [0, 0.05) is 31.7 Å². The largest absolute Gasteiger partial charge is 0.444 e. The Labute approximate surface area is 123 Å². The molecule has 5 nitrogen and oxygen atoms in total. The third-order valence-corrected chi connectivity index (χ3v) is 3.62. The maximum Gasteiger partial charge on any atom is 0.410 e. The Kier molecular flexibility index (Phi) is 6.76. The normalized spacial score (nSPS) is 23.4. The Hall–Kier alpha value is -0.810. The summed E-state index contributed by atoms with van der Waals surface area (Å²) in [6, 6.07) is 0.925. The Balaban J connectivity index is 2.25. The van der Waals surface area contributed by atoms with Crippen LogP contribution in [-0.2, 0) is 4.74 Å². The van der Waals surface area contributed by atoms with E-state index in [1.165, 1.54) is 0 Å². The van der Waals surface area contributed by atoms with Gasteiger partial charge in [-0.1, -0.05) is 0 Å². The average molecular weight is 285 g/mol. The summed E-state index contributed by atoms with van der Waals surface area (Å²) >= 11 is 0. The molecule has 1 rings (SSSR count). The second kappa shape index (κ2) is 7.84. The van der Waals surface area contributed by atoms with Crippen LogP contribution in [0.15, 0.2) is 0 Å². The maximum absolute atomic E-state index is 12.0. The predicted octanol–water partition coefficient (Wildman–Crippen LogP) is 2.10. The quantitative estimate of drug-likeness (QED) is 0.812. The Bertz CT molecular complexity index is 294. The summed E-state index contributed by atoms with van der Waals surface area (Å²) in [5, 5.41) is 3.52. The van der Waals surface area contributed by atoms with Gasteiger partial charge in [0.05, 0.1) is 0 Å². The zero-order chi connectivity index (χ0) is 15.2. The van der Waals surface area contributed by atoms with Gasteiger partial charge in [-0.05, 0) is 53.4 Å². The molecule has 0 aliphatic heterocycles. The van der Waals surface area contributed by atoms with E-state index in [-0.39, 0.29) is 6.09 Å². The lowest BCUT2D eigenvalue weighted by molar-refractivity contribution is 0.0260. The third-order valence-electron chi connectivity index (χ3n) is 3.62. The number of likely N-dealkylation sites (N-methyl/N-ethyl adjacent to an activating group) is 1. The molecule has 1 amide bonds. The van der Waals surface area contributed by atoms with Gasteiger partial charge in [-0.3, -0.25) is 0 Å². The van der Waals surface area contributed by atoms with Crippen LogP contribution in [-0.4, -0.2) is 48.3 Å². The fraction of sp³-hybridized carbons (Fsp3) is 0.933. The highest BCUT2D eigenvalue weighted by atomic mass is 16.6. The number of nitrogens with two attached hydrogens (primary N) is 1. The van der Waals surface area contributed by atoms with Crippen molar-refractivity contribution >= 4 is 6.09 Å². The van der Waals surface area contributed by atoms with Crippen molar-refractivity contribution in [3.05, 3.63) is 0 Å². The number of rotatable bonds is 5. The highest BCUT2D eigenvalue weighted by Crippen LogP contribution is 2.16. The molecule has 0 heterocycles. The fourth-order valence-electron chi connectivity index (χ4n) is 2.43. The molecule has 0 aromatic rings. The molecule has 118 valence electrons. The number of nitrogens with zero attached hydrogens (tertiary/aromatic N) is 1. The van der Waals surface area contributed by atoms with Crippen molar-refractivity contribution in [1.82, 2.24) is 10.2 Å². The van der Waals surface area contributed by atoms with Gasteiger partial charge < -0.3 is 20.7 Å². The summed E-state index contributed by atoms with van der Waals surface area (Å²) in [6.07, 6.45) is 4.24. The minimum Gasteiger partial charge on any atom is -0.444 e. The van der Waals surface area contributed by atoms with Gasteiger partial charge in [-0.15, -0.1) is 0 Å². The van der Waals surface area contributed by atoms with Crippen molar-refractivity contribution < 1.29 is 9.53 Å². The summed E-state index contributed by atoms with van der Waals surface area (Å²) in [6.45, 7) is 9.82. The number of hydrogen-bond acceptors (Lipinski definition) is 4. The number of carbonyl (C=O) groups is 1. The number of carbonyl (C=O) groups excluding carboxylic acids is 1. The molecule has 0 spiro atoms. The Morgan fingerprint density at radius 3 is 2.40 bits per heavy atom. The third kappa shape index (κ3) is 6.57. The zero-order valence-electron chi connectivity index (χ0n) is 13.4. The van der Waals surface area contributed by atoms with Gasteiger partial charge >= 0.3 is 6.09 Å². The minimum absolute atomic E-state index is 0.229. The second-order valence-electron chi connectivity index (χ2n) is 6.63. The van der Waals surface area contributed by atoms with Crippen LogP contribution in [0.1, 0.15) is 53.4 Å². The highest BCUT2D eigenvalue weighted by Gasteiger charge is 2.22. The molecule has 0 aromatic heterocycles. The molecule has 1 aliphatic carbocycles. The highest BCUT2D eigenvalue weighted by molar-refractivity contribution is 5.68. The number of ether oxygens (including phenoxy) is 1. The van der Waals surface area contributed by atoms with E-state index in [0.717, 1.165) is 32.2 Å².